The van der Waals surface area contributed by atoms with Crippen LogP contribution < -0.4 is 5.32 Å². The molecular formula is C13H18ClN. The van der Waals surface area contributed by atoms with Gasteiger partial charge in [0.1, 0.15) is 0 Å². The van der Waals surface area contributed by atoms with Gasteiger partial charge in [-0.1, -0.05) is 24.6 Å². The highest BCUT2D eigenvalue weighted by Crippen LogP contribution is 2.42. The van der Waals surface area contributed by atoms with E-state index < -0.39 is 0 Å². The fraction of sp³-hybridized carbons (Fsp3) is 0.538. The molecule has 0 aliphatic heterocycles. The van der Waals surface area contributed by atoms with Crippen LogP contribution in [0.1, 0.15) is 36.9 Å². The Balaban J connectivity index is 2.24. The van der Waals surface area contributed by atoms with Crippen LogP contribution in [0.5, 0.6) is 0 Å². The molecule has 1 aliphatic carbocycles. The molecule has 1 aromatic rings. The van der Waals surface area contributed by atoms with Gasteiger partial charge in [0.15, 0.2) is 0 Å². The predicted molar refractivity (Wildman–Crippen MR) is 65.3 cm³/mol. The third-order valence-electron chi connectivity index (χ3n) is 3.08. The van der Waals surface area contributed by atoms with Crippen LogP contribution in [-0.2, 0) is 0 Å². The summed E-state index contributed by atoms with van der Waals surface area (Å²) in [6.45, 7) is 5.35. The van der Waals surface area contributed by atoms with E-state index in [1.807, 2.05) is 6.07 Å². The van der Waals surface area contributed by atoms with E-state index in [0.29, 0.717) is 6.04 Å². The highest BCUT2D eigenvalue weighted by atomic mass is 35.5. The van der Waals surface area contributed by atoms with Gasteiger partial charge < -0.3 is 5.32 Å². The first-order chi connectivity index (χ1) is 7.22. The standard InChI is InChI=1S/C13H18ClN/c1-3-15-13(10-4-5-10)12-7-6-11(14)8-9(12)2/h6-8,10,13,15H,3-5H2,1-2H3. The van der Waals surface area contributed by atoms with Crippen LogP contribution in [0.4, 0.5) is 0 Å². The van der Waals surface area contributed by atoms with Crippen molar-refractivity contribution in [1.29, 1.82) is 0 Å². The molecule has 15 heavy (non-hydrogen) atoms. The zero-order valence-electron chi connectivity index (χ0n) is 9.39. The molecule has 1 aliphatic rings. The number of halogens is 1. The molecule has 2 heteroatoms. The van der Waals surface area contributed by atoms with Gasteiger partial charge in [0, 0.05) is 11.1 Å². The summed E-state index contributed by atoms with van der Waals surface area (Å²) in [6, 6.07) is 6.76. The van der Waals surface area contributed by atoms with Gasteiger partial charge in [-0.2, -0.15) is 0 Å². The molecule has 2 rings (SSSR count). The van der Waals surface area contributed by atoms with Crippen LogP contribution in [0.2, 0.25) is 5.02 Å². The molecule has 0 heterocycles. The maximum absolute atomic E-state index is 5.97. The third kappa shape index (κ3) is 2.53. The summed E-state index contributed by atoms with van der Waals surface area (Å²) in [7, 11) is 0. The van der Waals surface area contributed by atoms with Crippen molar-refractivity contribution in [2.75, 3.05) is 6.54 Å². The molecule has 1 fully saturated rings. The number of benzene rings is 1. The van der Waals surface area contributed by atoms with Crippen molar-refractivity contribution in [1.82, 2.24) is 5.32 Å². The summed E-state index contributed by atoms with van der Waals surface area (Å²) in [5, 5.41) is 4.41. The highest BCUT2D eigenvalue weighted by Gasteiger charge is 2.32. The van der Waals surface area contributed by atoms with Crippen molar-refractivity contribution >= 4 is 11.6 Å². The molecule has 0 saturated heterocycles. The van der Waals surface area contributed by atoms with E-state index in [1.165, 1.54) is 24.0 Å². The largest absolute Gasteiger partial charge is 0.310 e. The average molecular weight is 224 g/mol. The lowest BCUT2D eigenvalue weighted by Crippen LogP contribution is -2.23. The maximum Gasteiger partial charge on any atom is 0.0408 e. The van der Waals surface area contributed by atoms with Crippen LogP contribution in [-0.4, -0.2) is 6.54 Å². The van der Waals surface area contributed by atoms with Gasteiger partial charge in [-0.15, -0.1) is 0 Å². The molecule has 0 amide bonds. The molecule has 1 nitrogen and oxygen atoms in total. The smallest absolute Gasteiger partial charge is 0.0408 e. The van der Waals surface area contributed by atoms with E-state index in [9.17, 15) is 0 Å². The fourth-order valence-corrected chi connectivity index (χ4v) is 2.39. The number of hydrogen-bond acceptors (Lipinski definition) is 1. The Kier molecular flexibility index (Phi) is 3.32. The second-order valence-corrected chi connectivity index (χ2v) is 4.81. The summed E-state index contributed by atoms with van der Waals surface area (Å²) >= 11 is 5.97. The Hall–Kier alpha value is -0.530. The fourth-order valence-electron chi connectivity index (χ4n) is 2.17. The topological polar surface area (TPSA) is 12.0 Å². The molecule has 1 N–H and O–H groups in total. The van der Waals surface area contributed by atoms with Crippen LogP contribution in [0.15, 0.2) is 18.2 Å². The Morgan fingerprint density at radius 3 is 2.73 bits per heavy atom. The Morgan fingerprint density at radius 1 is 1.47 bits per heavy atom. The lowest BCUT2D eigenvalue weighted by Gasteiger charge is -2.20. The van der Waals surface area contributed by atoms with Gasteiger partial charge in [0.05, 0.1) is 0 Å². The van der Waals surface area contributed by atoms with Crippen molar-refractivity contribution in [2.45, 2.75) is 32.7 Å². The molecule has 0 aromatic heterocycles. The normalized spacial score (nSPS) is 17.8. The third-order valence-corrected chi connectivity index (χ3v) is 3.32. The van der Waals surface area contributed by atoms with Crippen LogP contribution in [0.3, 0.4) is 0 Å². The zero-order chi connectivity index (χ0) is 10.8. The molecule has 0 radical (unpaired) electrons. The van der Waals surface area contributed by atoms with Crippen molar-refractivity contribution in [3.63, 3.8) is 0 Å². The van der Waals surface area contributed by atoms with E-state index in [2.05, 4.69) is 31.3 Å². The van der Waals surface area contributed by atoms with Gasteiger partial charge in [-0.25, -0.2) is 0 Å². The highest BCUT2D eigenvalue weighted by molar-refractivity contribution is 6.30. The quantitative estimate of drug-likeness (QED) is 0.821. The minimum atomic E-state index is 0.535. The molecular weight excluding hydrogens is 206 g/mol. The minimum absolute atomic E-state index is 0.535. The number of aryl methyl sites for hydroxylation is 1. The SMILES string of the molecule is CCNC(c1ccc(Cl)cc1C)C1CC1. The summed E-state index contributed by atoms with van der Waals surface area (Å²) in [6.07, 6.45) is 2.72. The van der Waals surface area contributed by atoms with E-state index in [4.69, 9.17) is 11.6 Å². The van der Waals surface area contributed by atoms with Crippen molar-refractivity contribution in [2.24, 2.45) is 5.92 Å². The van der Waals surface area contributed by atoms with Crippen LogP contribution in [0.25, 0.3) is 0 Å². The first-order valence-corrected chi connectivity index (χ1v) is 6.09. The maximum atomic E-state index is 5.97. The molecule has 0 spiro atoms. The Bertz CT molecular complexity index is 344. The van der Waals surface area contributed by atoms with E-state index in [0.717, 1.165) is 17.5 Å². The second-order valence-electron chi connectivity index (χ2n) is 4.37. The summed E-state index contributed by atoms with van der Waals surface area (Å²) < 4.78 is 0. The Labute approximate surface area is 96.8 Å². The molecule has 1 saturated carbocycles. The van der Waals surface area contributed by atoms with Gasteiger partial charge in [-0.3, -0.25) is 0 Å². The molecule has 1 unspecified atom stereocenters. The molecule has 1 aromatic carbocycles. The lowest BCUT2D eigenvalue weighted by atomic mass is 9.97. The van der Waals surface area contributed by atoms with E-state index in [1.54, 1.807) is 0 Å². The van der Waals surface area contributed by atoms with Crippen molar-refractivity contribution in [3.8, 4) is 0 Å². The van der Waals surface area contributed by atoms with Crippen LogP contribution >= 0.6 is 11.6 Å². The predicted octanol–water partition coefficient (Wildman–Crippen LogP) is 3.71. The van der Waals surface area contributed by atoms with E-state index >= 15 is 0 Å². The summed E-state index contributed by atoms with van der Waals surface area (Å²) in [4.78, 5) is 0. The van der Waals surface area contributed by atoms with Gasteiger partial charge in [-0.05, 0) is 55.5 Å². The van der Waals surface area contributed by atoms with Gasteiger partial charge >= 0.3 is 0 Å². The summed E-state index contributed by atoms with van der Waals surface area (Å²) in [5.74, 6) is 0.838. The molecule has 0 bridgehead atoms. The lowest BCUT2D eigenvalue weighted by molar-refractivity contribution is 0.494. The number of nitrogens with one attached hydrogen (secondary N) is 1. The van der Waals surface area contributed by atoms with Gasteiger partial charge in [0.25, 0.3) is 0 Å². The summed E-state index contributed by atoms with van der Waals surface area (Å²) in [5.41, 5.74) is 2.73. The monoisotopic (exact) mass is 223 g/mol. The van der Waals surface area contributed by atoms with E-state index in [-0.39, 0.29) is 0 Å². The van der Waals surface area contributed by atoms with Crippen molar-refractivity contribution in [3.05, 3.63) is 34.3 Å². The van der Waals surface area contributed by atoms with Crippen LogP contribution in [0, 0.1) is 12.8 Å². The molecule has 1 atom stereocenters. The molecule has 82 valence electrons. The number of hydrogen-bond donors (Lipinski definition) is 1. The zero-order valence-corrected chi connectivity index (χ0v) is 10.1. The average Bonchev–Trinajstić information content (AvgIpc) is 2.98. The second kappa shape index (κ2) is 4.54. The van der Waals surface area contributed by atoms with Crippen molar-refractivity contribution < 1.29 is 0 Å². The number of rotatable bonds is 4. The first kappa shape index (κ1) is 11.0. The Morgan fingerprint density at radius 2 is 2.20 bits per heavy atom. The minimum Gasteiger partial charge on any atom is -0.310 e. The van der Waals surface area contributed by atoms with Gasteiger partial charge in [0.2, 0.25) is 0 Å². The first-order valence-electron chi connectivity index (χ1n) is 5.71.